The van der Waals surface area contributed by atoms with Gasteiger partial charge in [-0.3, -0.25) is 0 Å². The van der Waals surface area contributed by atoms with Crippen LogP contribution in [-0.4, -0.2) is 12.2 Å². The number of rotatable bonds is 3. The summed E-state index contributed by atoms with van der Waals surface area (Å²) >= 11 is 0. The number of hydrogen-bond acceptors (Lipinski definition) is 1. The molecule has 0 radical (unpaired) electrons. The molecule has 0 atom stereocenters. The van der Waals surface area contributed by atoms with Crippen LogP contribution in [-0.2, 0) is 4.74 Å². The zero-order valence-electron chi connectivity index (χ0n) is 11.7. The highest BCUT2D eigenvalue weighted by Crippen LogP contribution is 2.38. The van der Waals surface area contributed by atoms with Gasteiger partial charge in [-0.05, 0) is 50.9 Å². The standard InChI is InChI=1S/C15H28O/c1-11(2)16-14-9-7-13(8-10-14)12(3)15(4,5)6/h11,13-14H,3,7-10H2,1-2,4-6H3. The van der Waals surface area contributed by atoms with Gasteiger partial charge in [0.1, 0.15) is 0 Å². The fourth-order valence-electron chi connectivity index (χ4n) is 2.54. The molecule has 1 saturated carbocycles. The SMILES string of the molecule is C=C(C1CCC(OC(C)C)CC1)C(C)(C)C. The Morgan fingerprint density at radius 1 is 1.12 bits per heavy atom. The fraction of sp³-hybridized carbons (Fsp3) is 0.867. The van der Waals surface area contributed by atoms with Gasteiger partial charge < -0.3 is 4.74 Å². The highest BCUT2D eigenvalue weighted by molar-refractivity contribution is 5.10. The molecule has 0 spiro atoms. The smallest absolute Gasteiger partial charge is 0.0579 e. The van der Waals surface area contributed by atoms with Crippen molar-refractivity contribution < 1.29 is 4.74 Å². The van der Waals surface area contributed by atoms with Crippen molar-refractivity contribution in [1.82, 2.24) is 0 Å². The van der Waals surface area contributed by atoms with E-state index in [1.54, 1.807) is 0 Å². The number of hydrogen-bond donors (Lipinski definition) is 0. The van der Waals surface area contributed by atoms with Crippen molar-refractivity contribution in [1.29, 1.82) is 0 Å². The Morgan fingerprint density at radius 2 is 1.62 bits per heavy atom. The molecular formula is C15H28O. The van der Waals surface area contributed by atoms with E-state index in [-0.39, 0.29) is 5.41 Å². The highest BCUT2D eigenvalue weighted by atomic mass is 16.5. The van der Waals surface area contributed by atoms with Crippen molar-refractivity contribution in [3.63, 3.8) is 0 Å². The minimum atomic E-state index is 0.260. The minimum absolute atomic E-state index is 0.260. The quantitative estimate of drug-likeness (QED) is 0.638. The number of allylic oxidation sites excluding steroid dienone is 1. The van der Waals surface area contributed by atoms with Gasteiger partial charge in [0.05, 0.1) is 12.2 Å². The maximum Gasteiger partial charge on any atom is 0.0579 e. The molecule has 16 heavy (non-hydrogen) atoms. The molecule has 0 aliphatic heterocycles. The summed E-state index contributed by atoms with van der Waals surface area (Å²) in [6.45, 7) is 15.4. The van der Waals surface area contributed by atoms with E-state index in [2.05, 4.69) is 41.2 Å². The Kier molecular flexibility index (Phi) is 4.61. The second kappa shape index (κ2) is 5.35. The Morgan fingerprint density at radius 3 is 2.00 bits per heavy atom. The van der Waals surface area contributed by atoms with E-state index in [1.165, 1.54) is 31.3 Å². The molecule has 0 saturated heterocycles. The molecule has 1 aliphatic rings. The predicted molar refractivity (Wildman–Crippen MR) is 70.6 cm³/mol. The van der Waals surface area contributed by atoms with Crippen LogP contribution >= 0.6 is 0 Å². The zero-order valence-corrected chi connectivity index (χ0v) is 11.7. The first kappa shape index (κ1) is 13.8. The van der Waals surface area contributed by atoms with Crippen molar-refractivity contribution >= 4 is 0 Å². The Bertz CT molecular complexity index is 226. The second-order valence-corrected chi connectivity index (χ2v) is 6.43. The average molecular weight is 224 g/mol. The topological polar surface area (TPSA) is 9.23 Å². The molecule has 0 heterocycles. The molecule has 1 aliphatic carbocycles. The van der Waals surface area contributed by atoms with E-state index < -0.39 is 0 Å². The third-order valence-electron chi connectivity index (χ3n) is 3.59. The van der Waals surface area contributed by atoms with Gasteiger partial charge in [-0.25, -0.2) is 0 Å². The van der Waals surface area contributed by atoms with Gasteiger partial charge >= 0.3 is 0 Å². The molecule has 1 heteroatoms. The van der Waals surface area contributed by atoms with E-state index in [0.717, 1.165) is 0 Å². The van der Waals surface area contributed by atoms with Gasteiger partial charge in [0.25, 0.3) is 0 Å². The van der Waals surface area contributed by atoms with Crippen LogP contribution in [0.3, 0.4) is 0 Å². The molecule has 0 amide bonds. The lowest BCUT2D eigenvalue weighted by Gasteiger charge is -2.35. The monoisotopic (exact) mass is 224 g/mol. The summed E-state index contributed by atoms with van der Waals surface area (Å²) < 4.78 is 5.88. The lowest BCUT2D eigenvalue weighted by Crippen LogP contribution is -2.27. The largest absolute Gasteiger partial charge is 0.376 e. The minimum Gasteiger partial charge on any atom is -0.376 e. The third-order valence-corrected chi connectivity index (χ3v) is 3.59. The molecule has 0 aromatic rings. The first-order valence-electron chi connectivity index (χ1n) is 6.65. The first-order valence-corrected chi connectivity index (χ1v) is 6.65. The van der Waals surface area contributed by atoms with Crippen LogP contribution in [0.25, 0.3) is 0 Å². The lowest BCUT2D eigenvalue weighted by atomic mass is 9.73. The van der Waals surface area contributed by atoms with Crippen LogP contribution in [0, 0.1) is 11.3 Å². The molecule has 1 nitrogen and oxygen atoms in total. The van der Waals surface area contributed by atoms with Crippen LogP contribution < -0.4 is 0 Å². The van der Waals surface area contributed by atoms with Gasteiger partial charge in [0, 0.05) is 0 Å². The van der Waals surface area contributed by atoms with Gasteiger partial charge in [-0.1, -0.05) is 32.9 Å². The zero-order chi connectivity index (χ0) is 12.3. The van der Waals surface area contributed by atoms with Crippen LogP contribution in [0.15, 0.2) is 12.2 Å². The van der Waals surface area contributed by atoms with Crippen molar-refractivity contribution in [3.8, 4) is 0 Å². The van der Waals surface area contributed by atoms with Gasteiger partial charge in [0.15, 0.2) is 0 Å². The molecule has 0 aromatic heterocycles. The van der Waals surface area contributed by atoms with Gasteiger partial charge in [-0.15, -0.1) is 0 Å². The maximum atomic E-state index is 5.88. The van der Waals surface area contributed by atoms with Gasteiger partial charge in [-0.2, -0.15) is 0 Å². The molecule has 94 valence electrons. The molecule has 1 fully saturated rings. The summed E-state index contributed by atoms with van der Waals surface area (Å²) in [5.74, 6) is 0.715. The molecule has 0 aromatic carbocycles. The third kappa shape index (κ3) is 3.93. The molecule has 0 N–H and O–H groups in total. The summed E-state index contributed by atoms with van der Waals surface area (Å²) in [7, 11) is 0. The maximum absolute atomic E-state index is 5.88. The van der Waals surface area contributed by atoms with Crippen LogP contribution in [0.2, 0.25) is 0 Å². The Labute approximate surface area is 101 Å². The average Bonchev–Trinajstić information content (AvgIpc) is 2.15. The molecule has 1 rings (SSSR count). The molecular weight excluding hydrogens is 196 g/mol. The van der Waals surface area contributed by atoms with E-state index >= 15 is 0 Å². The number of ether oxygens (including phenoxy) is 1. The lowest BCUT2D eigenvalue weighted by molar-refractivity contribution is -0.0181. The van der Waals surface area contributed by atoms with E-state index in [4.69, 9.17) is 4.74 Å². The Balaban J connectivity index is 2.40. The highest BCUT2D eigenvalue weighted by Gasteiger charge is 2.28. The normalized spacial score (nSPS) is 27.1. The summed E-state index contributed by atoms with van der Waals surface area (Å²) in [6, 6.07) is 0. The van der Waals surface area contributed by atoms with Crippen molar-refractivity contribution in [3.05, 3.63) is 12.2 Å². The van der Waals surface area contributed by atoms with Gasteiger partial charge in [0.2, 0.25) is 0 Å². The summed E-state index contributed by atoms with van der Waals surface area (Å²) in [4.78, 5) is 0. The predicted octanol–water partition coefficient (Wildman–Crippen LogP) is 4.57. The van der Waals surface area contributed by atoms with Crippen molar-refractivity contribution in [2.45, 2.75) is 72.5 Å². The molecule has 0 unspecified atom stereocenters. The summed E-state index contributed by atoms with van der Waals surface area (Å²) in [6.07, 6.45) is 5.79. The fourth-order valence-corrected chi connectivity index (χ4v) is 2.54. The van der Waals surface area contributed by atoms with E-state index in [0.29, 0.717) is 18.1 Å². The summed E-state index contributed by atoms with van der Waals surface area (Å²) in [5, 5.41) is 0. The van der Waals surface area contributed by atoms with Crippen molar-refractivity contribution in [2.24, 2.45) is 11.3 Å². The molecule has 0 bridgehead atoms. The Hall–Kier alpha value is -0.300. The first-order chi connectivity index (χ1) is 7.30. The van der Waals surface area contributed by atoms with Crippen LogP contribution in [0.4, 0.5) is 0 Å². The van der Waals surface area contributed by atoms with Crippen LogP contribution in [0.1, 0.15) is 60.3 Å². The second-order valence-electron chi connectivity index (χ2n) is 6.43. The van der Waals surface area contributed by atoms with E-state index in [1.807, 2.05) is 0 Å². The van der Waals surface area contributed by atoms with E-state index in [9.17, 15) is 0 Å². The van der Waals surface area contributed by atoms with Crippen LogP contribution in [0.5, 0.6) is 0 Å². The van der Waals surface area contributed by atoms with Crippen molar-refractivity contribution in [2.75, 3.05) is 0 Å². The summed E-state index contributed by atoms with van der Waals surface area (Å²) in [5.41, 5.74) is 1.69.